The van der Waals surface area contributed by atoms with Crippen LogP contribution < -0.4 is 25.5 Å². The molecule has 2 rings (SSSR count). The average molecular weight is 401 g/mol. The van der Waals surface area contributed by atoms with E-state index in [0.717, 1.165) is 0 Å². The lowest BCUT2D eigenvalue weighted by Gasteiger charge is -2.09. The monoisotopic (exact) mass is 401 g/mol. The Morgan fingerprint density at radius 2 is 1.93 bits per heavy atom. The number of ether oxygens (including phenoxy) is 2. The van der Waals surface area contributed by atoms with Crippen LogP contribution in [0.15, 0.2) is 47.6 Å². The number of hydrogen-bond acceptors (Lipinski definition) is 7. The Balaban J connectivity index is 1.84. The zero-order valence-electron chi connectivity index (χ0n) is 15.7. The molecule has 0 atom stereocenters. The SMILES string of the molecule is COc1cccc(/C=N/NC(=O)CNC(=O)Nc2cccc([N+](=O)[O-])c2)c1OC. The summed E-state index contributed by atoms with van der Waals surface area (Å²) in [5, 5.41) is 19.3. The van der Waals surface area contributed by atoms with Crippen LogP contribution in [-0.2, 0) is 4.79 Å². The number of hydrazone groups is 1. The number of hydrogen-bond donors (Lipinski definition) is 3. The van der Waals surface area contributed by atoms with Crippen molar-refractivity contribution in [1.82, 2.24) is 10.7 Å². The van der Waals surface area contributed by atoms with E-state index in [1.54, 1.807) is 18.2 Å². The second-order valence-electron chi connectivity index (χ2n) is 5.49. The third-order valence-electron chi connectivity index (χ3n) is 3.55. The van der Waals surface area contributed by atoms with E-state index in [0.29, 0.717) is 17.1 Å². The van der Waals surface area contributed by atoms with Gasteiger partial charge in [0.15, 0.2) is 11.5 Å². The molecule has 11 heteroatoms. The van der Waals surface area contributed by atoms with Crippen LogP contribution in [0.4, 0.5) is 16.2 Å². The molecule has 0 bridgehead atoms. The first kappa shape index (κ1) is 21.2. The molecular formula is C18H19N5O6. The molecule has 0 heterocycles. The predicted octanol–water partition coefficient (Wildman–Crippen LogP) is 1.88. The van der Waals surface area contributed by atoms with Crippen molar-refractivity contribution in [3.63, 3.8) is 0 Å². The average Bonchev–Trinajstić information content (AvgIpc) is 2.72. The summed E-state index contributed by atoms with van der Waals surface area (Å²) in [6.45, 7) is -0.354. The van der Waals surface area contributed by atoms with Gasteiger partial charge in [-0.3, -0.25) is 14.9 Å². The third-order valence-corrected chi connectivity index (χ3v) is 3.55. The number of urea groups is 1. The van der Waals surface area contributed by atoms with E-state index in [1.165, 1.54) is 44.7 Å². The van der Waals surface area contributed by atoms with E-state index in [2.05, 4.69) is 21.2 Å². The van der Waals surface area contributed by atoms with Crippen molar-refractivity contribution in [2.45, 2.75) is 0 Å². The van der Waals surface area contributed by atoms with E-state index in [-0.39, 0.29) is 17.9 Å². The van der Waals surface area contributed by atoms with Gasteiger partial charge in [0, 0.05) is 23.4 Å². The Morgan fingerprint density at radius 1 is 1.17 bits per heavy atom. The predicted molar refractivity (Wildman–Crippen MR) is 105 cm³/mol. The van der Waals surface area contributed by atoms with E-state index in [9.17, 15) is 19.7 Å². The molecule has 29 heavy (non-hydrogen) atoms. The maximum absolute atomic E-state index is 11.8. The molecule has 3 amide bonds. The van der Waals surface area contributed by atoms with Crippen molar-refractivity contribution in [2.24, 2.45) is 5.10 Å². The van der Waals surface area contributed by atoms with Crippen molar-refractivity contribution in [1.29, 1.82) is 0 Å². The van der Waals surface area contributed by atoms with Gasteiger partial charge in [0.25, 0.3) is 11.6 Å². The Kier molecular flexibility index (Phi) is 7.48. The van der Waals surface area contributed by atoms with Gasteiger partial charge in [0.1, 0.15) is 6.54 Å². The number of nitrogens with zero attached hydrogens (tertiary/aromatic N) is 2. The summed E-state index contributed by atoms with van der Waals surface area (Å²) in [5.74, 6) is 0.405. The van der Waals surface area contributed by atoms with E-state index >= 15 is 0 Å². The number of methoxy groups -OCH3 is 2. The fraction of sp³-hybridized carbons (Fsp3) is 0.167. The lowest BCUT2D eigenvalue weighted by atomic mass is 10.2. The minimum absolute atomic E-state index is 0.164. The standard InChI is InChI=1S/C18H19N5O6/c1-28-15-8-3-5-12(17(15)29-2)10-20-22-16(24)11-19-18(25)21-13-6-4-7-14(9-13)23(26)27/h3-10H,11H2,1-2H3,(H,22,24)(H2,19,21,25)/b20-10+. The largest absolute Gasteiger partial charge is 0.493 e. The van der Waals surface area contributed by atoms with Crippen LogP contribution in [0.1, 0.15) is 5.56 Å². The van der Waals surface area contributed by atoms with E-state index in [1.807, 2.05) is 0 Å². The fourth-order valence-electron chi connectivity index (χ4n) is 2.26. The minimum Gasteiger partial charge on any atom is -0.493 e. The normalized spacial score (nSPS) is 10.3. The Labute approximate surface area is 165 Å². The lowest BCUT2D eigenvalue weighted by Crippen LogP contribution is -2.37. The molecule has 0 aliphatic heterocycles. The van der Waals surface area contributed by atoms with Gasteiger partial charge in [-0.1, -0.05) is 12.1 Å². The van der Waals surface area contributed by atoms with Gasteiger partial charge in [-0.05, 0) is 18.2 Å². The van der Waals surface area contributed by atoms with Gasteiger partial charge in [-0.15, -0.1) is 0 Å². The summed E-state index contributed by atoms with van der Waals surface area (Å²) in [5.41, 5.74) is 2.91. The fourth-order valence-corrected chi connectivity index (χ4v) is 2.26. The minimum atomic E-state index is -0.695. The molecule has 3 N–H and O–H groups in total. The molecule has 0 fully saturated rings. The lowest BCUT2D eigenvalue weighted by molar-refractivity contribution is -0.384. The number of benzene rings is 2. The number of anilines is 1. The number of nitro groups is 1. The molecular weight excluding hydrogens is 382 g/mol. The van der Waals surface area contributed by atoms with Crippen molar-refractivity contribution < 1.29 is 24.0 Å². The summed E-state index contributed by atoms with van der Waals surface area (Å²) < 4.78 is 10.4. The van der Waals surface area contributed by atoms with Crippen molar-refractivity contribution in [2.75, 3.05) is 26.1 Å². The van der Waals surface area contributed by atoms with Crippen LogP contribution in [0.3, 0.4) is 0 Å². The van der Waals surface area contributed by atoms with Crippen molar-refractivity contribution in [3.8, 4) is 11.5 Å². The van der Waals surface area contributed by atoms with Crippen LogP contribution >= 0.6 is 0 Å². The van der Waals surface area contributed by atoms with Gasteiger partial charge in [0.2, 0.25) is 0 Å². The van der Waals surface area contributed by atoms with Gasteiger partial charge in [-0.2, -0.15) is 5.10 Å². The Hall–Kier alpha value is -4.15. The molecule has 0 aliphatic carbocycles. The number of carbonyl (C=O) groups excluding carboxylic acids is 2. The number of carbonyl (C=O) groups is 2. The van der Waals surface area contributed by atoms with Crippen molar-refractivity contribution >= 4 is 29.5 Å². The van der Waals surface area contributed by atoms with Crippen LogP contribution in [0.25, 0.3) is 0 Å². The Bertz CT molecular complexity index is 931. The first-order valence-electron chi connectivity index (χ1n) is 8.26. The number of nitro benzene ring substituents is 1. The van der Waals surface area contributed by atoms with E-state index < -0.39 is 16.9 Å². The van der Waals surface area contributed by atoms with Crippen LogP contribution in [-0.4, -0.2) is 43.8 Å². The summed E-state index contributed by atoms with van der Waals surface area (Å²) in [4.78, 5) is 33.8. The number of rotatable bonds is 8. The summed E-state index contributed by atoms with van der Waals surface area (Å²) >= 11 is 0. The zero-order chi connectivity index (χ0) is 21.2. The maximum atomic E-state index is 11.8. The van der Waals surface area contributed by atoms with Crippen molar-refractivity contribution in [3.05, 3.63) is 58.1 Å². The number of nitrogens with one attached hydrogen (secondary N) is 3. The van der Waals surface area contributed by atoms with Crippen LogP contribution in [0, 0.1) is 10.1 Å². The first-order valence-corrected chi connectivity index (χ1v) is 8.26. The first-order chi connectivity index (χ1) is 13.9. The molecule has 0 unspecified atom stereocenters. The van der Waals surface area contributed by atoms with Gasteiger partial charge < -0.3 is 20.1 Å². The third kappa shape index (κ3) is 6.20. The molecule has 2 aromatic carbocycles. The highest BCUT2D eigenvalue weighted by Gasteiger charge is 2.10. The number of amides is 3. The second kappa shape index (κ2) is 10.3. The summed E-state index contributed by atoms with van der Waals surface area (Å²) in [6.07, 6.45) is 1.38. The topological polar surface area (TPSA) is 144 Å². The smallest absolute Gasteiger partial charge is 0.319 e. The summed E-state index contributed by atoms with van der Waals surface area (Å²) in [6, 6.07) is 9.90. The molecule has 152 valence electrons. The van der Waals surface area contributed by atoms with E-state index in [4.69, 9.17) is 9.47 Å². The zero-order valence-corrected chi connectivity index (χ0v) is 15.7. The van der Waals surface area contributed by atoms with Gasteiger partial charge >= 0.3 is 6.03 Å². The second-order valence-corrected chi connectivity index (χ2v) is 5.49. The van der Waals surface area contributed by atoms with Gasteiger partial charge in [-0.25, -0.2) is 10.2 Å². The van der Waals surface area contributed by atoms with Crippen LogP contribution in [0.5, 0.6) is 11.5 Å². The highest BCUT2D eigenvalue weighted by Crippen LogP contribution is 2.29. The molecule has 0 aromatic heterocycles. The highest BCUT2D eigenvalue weighted by molar-refractivity contribution is 5.93. The molecule has 0 radical (unpaired) electrons. The number of para-hydroxylation sites is 1. The Morgan fingerprint density at radius 3 is 2.62 bits per heavy atom. The molecule has 0 saturated heterocycles. The molecule has 0 spiro atoms. The maximum Gasteiger partial charge on any atom is 0.319 e. The molecule has 11 nitrogen and oxygen atoms in total. The molecule has 0 saturated carbocycles. The number of non-ortho nitro benzene ring substituents is 1. The summed E-state index contributed by atoms with van der Waals surface area (Å²) in [7, 11) is 2.99. The quantitative estimate of drug-likeness (QED) is 0.350. The highest BCUT2D eigenvalue weighted by atomic mass is 16.6. The van der Waals surface area contributed by atoms with Gasteiger partial charge in [0.05, 0.1) is 25.4 Å². The molecule has 0 aliphatic rings. The molecule has 2 aromatic rings. The van der Waals surface area contributed by atoms with Crippen LogP contribution in [0.2, 0.25) is 0 Å².